The Morgan fingerprint density at radius 3 is 2.36 bits per heavy atom. The summed E-state index contributed by atoms with van der Waals surface area (Å²) in [7, 11) is 1.14. The fraction of sp³-hybridized carbons (Fsp3) is 0.577. The molecule has 3 amide bonds. The lowest BCUT2D eigenvalue weighted by Crippen LogP contribution is -2.53. The van der Waals surface area contributed by atoms with E-state index in [1.54, 1.807) is 7.05 Å². The molecule has 10 heteroatoms. The summed E-state index contributed by atoms with van der Waals surface area (Å²) in [5, 5.41) is 5.33. The minimum atomic E-state index is -0.595. The van der Waals surface area contributed by atoms with Gasteiger partial charge in [0.2, 0.25) is 5.91 Å². The van der Waals surface area contributed by atoms with E-state index in [0.29, 0.717) is 6.54 Å². The second-order valence-corrected chi connectivity index (χ2v) is 11.0. The van der Waals surface area contributed by atoms with Gasteiger partial charge in [-0.1, -0.05) is 38.1 Å². The van der Waals surface area contributed by atoms with E-state index in [-0.39, 0.29) is 35.1 Å². The first-order chi connectivity index (χ1) is 16.9. The maximum atomic E-state index is 13.4. The smallest absolute Gasteiger partial charge is 0.399 e. The molecule has 9 nitrogen and oxygen atoms in total. The Kier molecular flexibility index (Phi) is 7.21. The molecule has 4 rings (SSSR count). The van der Waals surface area contributed by atoms with Crippen molar-refractivity contribution < 1.29 is 18.9 Å². The Labute approximate surface area is 213 Å². The number of hydrogen-bond donors (Lipinski definition) is 3. The summed E-state index contributed by atoms with van der Waals surface area (Å²) in [4.78, 5) is 35.2. The second-order valence-electron chi connectivity index (χ2n) is 11.0. The maximum Gasteiger partial charge on any atom is 0.494 e. The normalized spacial score (nSPS) is 21.6. The van der Waals surface area contributed by atoms with Gasteiger partial charge in [-0.25, -0.2) is 9.78 Å². The highest BCUT2D eigenvalue weighted by Gasteiger charge is 2.51. The first kappa shape index (κ1) is 26.2. The van der Waals surface area contributed by atoms with Gasteiger partial charge in [-0.3, -0.25) is 4.79 Å². The topological polar surface area (TPSA) is 109 Å². The van der Waals surface area contributed by atoms with Gasteiger partial charge in [0.1, 0.15) is 11.9 Å². The van der Waals surface area contributed by atoms with Crippen molar-refractivity contribution in [3.63, 3.8) is 0 Å². The first-order valence-corrected chi connectivity index (χ1v) is 12.7. The molecule has 0 unspecified atom stereocenters. The van der Waals surface area contributed by atoms with Gasteiger partial charge < -0.3 is 29.8 Å². The van der Waals surface area contributed by atoms with E-state index in [1.165, 1.54) is 0 Å². The third-order valence-corrected chi connectivity index (χ3v) is 7.64. The summed E-state index contributed by atoms with van der Waals surface area (Å²) < 4.78 is 12.3. The lowest BCUT2D eigenvalue weighted by atomic mass is 9.79. The minimum Gasteiger partial charge on any atom is -0.399 e. The molecule has 0 bridgehead atoms. The Morgan fingerprint density at radius 1 is 1.14 bits per heavy atom. The van der Waals surface area contributed by atoms with Crippen molar-refractivity contribution in [1.82, 2.24) is 25.5 Å². The average Bonchev–Trinajstić information content (AvgIpc) is 3.54. The third-order valence-electron chi connectivity index (χ3n) is 7.64. The molecule has 2 aromatic rings. The second kappa shape index (κ2) is 9.90. The number of aromatic amines is 1. The largest absolute Gasteiger partial charge is 0.494 e. The van der Waals surface area contributed by atoms with Crippen LogP contribution in [0.5, 0.6) is 0 Å². The molecule has 36 heavy (non-hydrogen) atoms. The number of carbonyl (C=O) groups excluding carboxylic acids is 2. The summed E-state index contributed by atoms with van der Waals surface area (Å²) in [6.07, 6.45) is 3.52. The molecule has 0 radical (unpaired) electrons. The number of hydrogen-bond acceptors (Lipinski definition) is 5. The number of rotatable bonds is 6. The molecule has 0 spiro atoms. The number of carbonyl (C=O) groups is 2. The lowest BCUT2D eigenvalue weighted by molar-refractivity contribution is -0.135. The van der Waals surface area contributed by atoms with Gasteiger partial charge in [-0.15, -0.1) is 0 Å². The fourth-order valence-corrected chi connectivity index (χ4v) is 4.67. The van der Waals surface area contributed by atoms with Crippen LogP contribution in [0.4, 0.5) is 4.79 Å². The first-order valence-electron chi connectivity index (χ1n) is 12.7. The number of urea groups is 1. The highest BCUT2D eigenvalue weighted by Crippen LogP contribution is 2.37. The van der Waals surface area contributed by atoms with Crippen molar-refractivity contribution in [2.24, 2.45) is 5.92 Å². The SMILES string of the molecule is CNC(=O)N[C@H](C(=O)N1CCC[C@H]1c1ncc(-c2ccc(B3OC(C)(C)C(C)(C)O3)cc2)[nH]1)C(C)C. The zero-order chi connectivity index (χ0) is 26.3. The van der Waals surface area contributed by atoms with Gasteiger partial charge >= 0.3 is 13.1 Å². The van der Waals surface area contributed by atoms with E-state index in [4.69, 9.17) is 9.31 Å². The molecular weight excluding hydrogens is 457 g/mol. The van der Waals surface area contributed by atoms with Gasteiger partial charge in [0.05, 0.1) is 29.1 Å². The van der Waals surface area contributed by atoms with E-state index < -0.39 is 13.2 Å². The van der Waals surface area contributed by atoms with Crippen molar-refractivity contribution in [3.05, 3.63) is 36.3 Å². The molecule has 194 valence electrons. The Hall–Kier alpha value is -2.85. The molecule has 2 saturated heterocycles. The minimum absolute atomic E-state index is 0.0364. The number of nitrogens with one attached hydrogen (secondary N) is 3. The fourth-order valence-electron chi connectivity index (χ4n) is 4.67. The summed E-state index contributed by atoms with van der Waals surface area (Å²) in [5.41, 5.74) is 2.07. The van der Waals surface area contributed by atoms with Crippen LogP contribution >= 0.6 is 0 Å². The van der Waals surface area contributed by atoms with E-state index in [9.17, 15) is 9.59 Å². The van der Waals surface area contributed by atoms with Gasteiger partial charge in [-0.05, 0) is 57.5 Å². The molecule has 3 heterocycles. The number of imidazole rings is 1. The van der Waals surface area contributed by atoms with Crippen LogP contribution in [-0.2, 0) is 14.1 Å². The highest BCUT2D eigenvalue weighted by molar-refractivity contribution is 6.62. The molecule has 0 saturated carbocycles. The molecule has 1 aromatic carbocycles. The van der Waals surface area contributed by atoms with E-state index >= 15 is 0 Å². The van der Waals surface area contributed by atoms with Gasteiger partial charge in [-0.2, -0.15) is 0 Å². The number of nitrogens with zero attached hydrogens (tertiary/aromatic N) is 2. The molecule has 1 aromatic heterocycles. The van der Waals surface area contributed by atoms with Crippen molar-refractivity contribution in [3.8, 4) is 11.3 Å². The van der Waals surface area contributed by atoms with E-state index in [2.05, 4.69) is 20.6 Å². The molecule has 2 aliphatic rings. The Balaban J connectivity index is 1.48. The predicted octanol–water partition coefficient (Wildman–Crippen LogP) is 2.99. The molecule has 2 atom stereocenters. The molecule has 0 aliphatic carbocycles. The van der Waals surface area contributed by atoms with Crippen LogP contribution in [0.1, 0.15) is 66.3 Å². The highest BCUT2D eigenvalue weighted by atomic mass is 16.7. The predicted molar refractivity (Wildman–Crippen MR) is 140 cm³/mol. The number of aromatic nitrogens is 2. The van der Waals surface area contributed by atoms with E-state index in [0.717, 1.165) is 35.4 Å². The summed E-state index contributed by atoms with van der Waals surface area (Å²) in [5.74, 6) is 0.639. The Morgan fingerprint density at radius 2 is 1.78 bits per heavy atom. The monoisotopic (exact) mass is 495 g/mol. The molecule has 2 fully saturated rings. The summed E-state index contributed by atoms with van der Waals surface area (Å²) in [6, 6.07) is 6.98. The van der Waals surface area contributed by atoms with Crippen LogP contribution in [0.3, 0.4) is 0 Å². The number of likely N-dealkylation sites (tertiary alicyclic amines) is 1. The van der Waals surface area contributed by atoms with Crippen molar-refractivity contribution in [1.29, 1.82) is 0 Å². The van der Waals surface area contributed by atoms with Gasteiger partial charge in [0.15, 0.2) is 0 Å². The lowest BCUT2D eigenvalue weighted by Gasteiger charge is -2.32. The third kappa shape index (κ3) is 5.02. The average molecular weight is 495 g/mol. The van der Waals surface area contributed by atoms with Gasteiger partial charge in [0, 0.05) is 13.6 Å². The Bertz CT molecular complexity index is 1080. The van der Waals surface area contributed by atoms with Crippen LogP contribution in [-0.4, -0.2) is 64.8 Å². The molecule has 3 N–H and O–H groups in total. The van der Waals surface area contributed by atoms with Crippen molar-refractivity contribution in [2.75, 3.05) is 13.6 Å². The zero-order valence-electron chi connectivity index (χ0n) is 22.3. The number of H-pyrrole nitrogens is 1. The summed E-state index contributed by atoms with van der Waals surface area (Å²) in [6.45, 7) is 12.7. The van der Waals surface area contributed by atoms with Crippen LogP contribution < -0.4 is 16.1 Å². The van der Waals surface area contributed by atoms with Crippen molar-refractivity contribution >= 4 is 24.5 Å². The van der Waals surface area contributed by atoms with Crippen LogP contribution in [0.15, 0.2) is 30.5 Å². The standard InChI is InChI=1S/C26H38BN5O4/c1-16(2)21(31-24(34)28-7)23(33)32-14-8-9-20(32)22-29-15-19(30-22)17-10-12-18(13-11-17)27-35-25(3,4)26(5,6)36-27/h10-13,15-16,20-21H,8-9,14H2,1-7H3,(H,29,30)(H2,28,31,34)/t20-,21-/m0/s1. The van der Waals surface area contributed by atoms with Crippen molar-refractivity contribution in [2.45, 2.75) is 77.7 Å². The van der Waals surface area contributed by atoms with E-state index in [1.807, 2.05) is 76.9 Å². The molecule has 2 aliphatic heterocycles. The zero-order valence-corrected chi connectivity index (χ0v) is 22.3. The number of amides is 3. The molecular formula is C26H38BN5O4. The van der Waals surface area contributed by atoms with Crippen LogP contribution in [0.2, 0.25) is 0 Å². The van der Waals surface area contributed by atoms with Gasteiger partial charge in [0.25, 0.3) is 0 Å². The van der Waals surface area contributed by atoms with Crippen LogP contribution in [0.25, 0.3) is 11.3 Å². The maximum absolute atomic E-state index is 13.4. The quantitative estimate of drug-likeness (QED) is 0.534. The summed E-state index contributed by atoms with van der Waals surface area (Å²) >= 11 is 0. The van der Waals surface area contributed by atoms with Crippen LogP contribution in [0, 0.1) is 5.92 Å². The number of benzene rings is 1.